The number of pyridine rings is 4. The van der Waals surface area contributed by atoms with Crippen molar-refractivity contribution in [2.24, 2.45) is 0 Å². The molecule has 11 rings (SSSR count). The van der Waals surface area contributed by atoms with Gasteiger partial charge >= 0.3 is 0 Å². The molecule has 0 aliphatic rings. The highest BCUT2D eigenvalue weighted by molar-refractivity contribution is 7.26. The molecule has 0 atom stereocenters. The van der Waals surface area contributed by atoms with Crippen LogP contribution in [-0.4, -0.2) is 19.9 Å². The Hall–Kier alpha value is -7.34. The summed E-state index contributed by atoms with van der Waals surface area (Å²) in [6.07, 6.45) is 3.61. The third-order valence-corrected chi connectivity index (χ3v) is 11.9. The molecule has 0 bridgehead atoms. The minimum atomic E-state index is 0.808. The van der Waals surface area contributed by atoms with Gasteiger partial charge in [0.15, 0.2) is 0 Å². The van der Waals surface area contributed by atoms with Gasteiger partial charge in [-0.15, -0.1) is 11.3 Å². The Morgan fingerprint density at radius 1 is 0.368 bits per heavy atom. The van der Waals surface area contributed by atoms with E-state index < -0.39 is 0 Å². The Morgan fingerprint density at radius 3 is 1.63 bits per heavy atom. The second-order valence-electron chi connectivity index (χ2n) is 14.2. The Labute approximate surface area is 333 Å². The fourth-order valence-electron chi connectivity index (χ4n) is 8.03. The van der Waals surface area contributed by atoms with Crippen LogP contribution in [0.15, 0.2) is 194 Å². The van der Waals surface area contributed by atoms with Gasteiger partial charge in [-0.1, -0.05) is 121 Å². The van der Waals surface area contributed by atoms with Gasteiger partial charge in [0.1, 0.15) is 0 Å². The molecular weight excluding hydrogens is 713 g/mol. The molecule has 0 spiro atoms. The predicted octanol–water partition coefficient (Wildman–Crippen LogP) is 13.9. The van der Waals surface area contributed by atoms with Crippen molar-refractivity contribution >= 4 is 53.2 Å². The maximum atomic E-state index is 5.49. The smallest absolute Gasteiger partial charge is 0.0900 e. The number of hydrogen-bond donors (Lipinski definition) is 0. The van der Waals surface area contributed by atoms with E-state index in [1.807, 2.05) is 47.7 Å². The number of rotatable bonds is 6. The van der Waals surface area contributed by atoms with E-state index in [0.717, 1.165) is 72.9 Å². The first-order valence-corrected chi connectivity index (χ1v) is 19.8. The van der Waals surface area contributed by atoms with Crippen molar-refractivity contribution in [2.45, 2.75) is 0 Å². The summed E-state index contributed by atoms with van der Waals surface area (Å²) < 4.78 is 2.50. The van der Waals surface area contributed by atoms with Crippen molar-refractivity contribution in [3.8, 4) is 67.4 Å². The molecule has 5 heterocycles. The highest BCUT2D eigenvalue weighted by atomic mass is 32.1. The lowest BCUT2D eigenvalue weighted by Crippen LogP contribution is -1.94. The Morgan fingerprint density at radius 2 is 0.947 bits per heavy atom. The molecule has 5 heteroatoms. The van der Waals surface area contributed by atoms with Crippen molar-refractivity contribution in [2.75, 3.05) is 0 Å². The Balaban J connectivity index is 1.02. The van der Waals surface area contributed by atoms with Gasteiger partial charge in [0, 0.05) is 38.8 Å². The molecule has 0 fully saturated rings. The molecule has 0 aliphatic heterocycles. The quantitative estimate of drug-likeness (QED) is 0.170. The van der Waals surface area contributed by atoms with Crippen LogP contribution in [0, 0.1) is 0 Å². The minimum absolute atomic E-state index is 0.808. The molecule has 266 valence electrons. The number of aromatic nitrogens is 4. The van der Waals surface area contributed by atoms with Crippen molar-refractivity contribution in [3.05, 3.63) is 194 Å². The molecule has 5 aromatic heterocycles. The SMILES string of the molecule is c1ccc(-c2cc(-c3cccc(-c4cccc(-c5ccc6c(c5)nc(-c5cccc7ccccc57)c5sc7ccccc7c56)c4)c3)cc(-c3ccccn3)n2)nc1. The average Bonchev–Trinajstić information content (AvgIpc) is 3.69. The van der Waals surface area contributed by atoms with Crippen LogP contribution >= 0.6 is 11.3 Å². The zero-order valence-electron chi connectivity index (χ0n) is 30.7. The topological polar surface area (TPSA) is 51.6 Å². The van der Waals surface area contributed by atoms with Gasteiger partial charge < -0.3 is 0 Å². The summed E-state index contributed by atoms with van der Waals surface area (Å²) in [5.74, 6) is 0. The van der Waals surface area contributed by atoms with Crippen molar-refractivity contribution in [1.82, 2.24) is 19.9 Å². The molecule has 0 amide bonds. The molecule has 11 aromatic rings. The zero-order chi connectivity index (χ0) is 37.7. The number of fused-ring (bicyclic) bond motifs is 6. The zero-order valence-corrected chi connectivity index (χ0v) is 31.5. The molecule has 6 aromatic carbocycles. The van der Waals surface area contributed by atoms with Crippen LogP contribution in [0.4, 0.5) is 0 Å². The van der Waals surface area contributed by atoms with E-state index in [2.05, 4.69) is 156 Å². The summed E-state index contributed by atoms with van der Waals surface area (Å²) in [4.78, 5) is 19.7. The molecule has 0 unspecified atom stereocenters. The fourth-order valence-corrected chi connectivity index (χ4v) is 9.25. The van der Waals surface area contributed by atoms with E-state index in [0.29, 0.717) is 0 Å². The van der Waals surface area contributed by atoms with E-state index in [-0.39, 0.29) is 0 Å². The first-order valence-electron chi connectivity index (χ1n) is 19.0. The summed E-state index contributed by atoms with van der Waals surface area (Å²) in [6.45, 7) is 0. The molecule has 0 saturated carbocycles. The van der Waals surface area contributed by atoms with Gasteiger partial charge in [0.2, 0.25) is 0 Å². The third-order valence-electron chi connectivity index (χ3n) is 10.8. The van der Waals surface area contributed by atoms with E-state index in [4.69, 9.17) is 9.97 Å². The van der Waals surface area contributed by atoms with Crippen LogP contribution in [0.5, 0.6) is 0 Å². The molecule has 0 N–H and O–H groups in total. The molecule has 0 aliphatic carbocycles. The normalized spacial score (nSPS) is 11.5. The Kier molecular flexibility index (Phi) is 7.97. The van der Waals surface area contributed by atoms with Crippen LogP contribution in [-0.2, 0) is 0 Å². The van der Waals surface area contributed by atoms with Crippen molar-refractivity contribution < 1.29 is 0 Å². The summed E-state index contributed by atoms with van der Waals surface area (Å²) >= 11 is 1.83. The third kappa shape index (κ3) is 5.93. The monoisotopic (exact) mass is 744 g/mol. The van der Waals surface area contributed by atoms with Gasteiger partial charge in [-0.2, -0.15) is 0 Å². The number of hydrogen-bond acceptors (Lipinski definition) is 5. The second-order valence-corrected chi connectivity index (χ2v) is 15.3. The van der Waals surface area contributed by atoms with Crippen LogP contribution in [0.3, 0.4) is 0 Å². The minimum Gasteiger partial charge on any atom is -0.255 e. The molecular formula is C52H32N4S. The van der Waals surface area contributed by atoms with Gasteiger partial charge in [-0.25, -0.2) is 9.97 Å². The first kappa shape index (κ1) is 33.0. The summed E-state index contributed by atoms with van der Waals surface area (Å²) in [5, 5.41) is 6.15. The summed E-state index contributed by atoms with van der Waals surface area (Å²) in [6, 6.07) is 64.3. The van der Waals surface area contributed by atoms with E-state index >= 15 is 0 Å². The molecule has 4 nitrogen and oxygen atoms in total. The second kappa shape index (κ2) is 13.7. The lowest BCUT2D eigenvalue weighted by molar-refractivity contribution is 1.22. The Bertz CT molecular complexity index is 3240. The maximum Gasteiger partial charge on any atom is 0.0900 e. The lowest BCUT2D eigenvalue weighted by Gasteiger charge is -2.12. The summed E-state index contributed by atoms with van der Waals surface area (Å²) in [7, 11) is 0. The van der Waals surface area contributed by atoms with Gasteiger partial charge in [-0.3, -0.25) is 9.97 Å². The van der Waals surface area contributed by atoms with Crippen LogP contribution in [0.2, 0.25) is 0 Å². The molecule has 57 heavy (non-hydrogen) atoms. The number of benzene rings is 6. The van der Waals surface area contributed by atoms with Crippen LogP contribution < -0.4 is 0 Å². The van der Waals surface area contributed by atoms with Gasteiger partial charge in [0.25, 0.3) is 0 Å². The van der Waals surface area contributed by atoms with E-state index in [1.165, 1.54) is 36.3 Å². The predicted molar refractivity (Wildman–Crippen MR) is 238 cm³/mol. The maximum absolute atomic E-state index is 5.49. The van der Waals surface area contributed by atoms with Crippen molar-refractivity contribution in [1.29, 1.82) is 0 Å². The summed E-state index contributed by atoms with van der Waals surface area (Å²) in [5.41, 5.74) is 13.1. The average molecular weight is 745 g/mol. The number of nitrogens with zero attached hydrogens (tertiary/aromatic N) is 4. The van der Waals surface area contributed by atoms with Gasteiger partial charge in [0.05, 0.1) is 38.7 Å². The fraction of sp³-hybridized carbons (Fsp3) is 0. The molecule has 0 radical (unpaired) electrons. The van der Waals surface area contributed by atoms with E-state index in [9.17, 15) is 0 Å². The lowest BCUT2D eigenvalue weighted by atomic mass is 9.94. The van der Waals surface area contributed by atoms with Crippen LogP contribution in [0.25, 0.3) is 109 Å². The molecule has 0 saturated heterocycles. The number of thiophene rings is 1. The largest absolute Gasteiger partial charge is 0.255 e. The standard InChI is InChI=1S/C52H32N4S/c1-2-18-40-33(12-1)13-11-20-41(40)51-52-50(43-19-3-4-23-49(43)57-52)42-25-24-38(30-46(42)56-51)36-16-9-14-34(28-36)35-15-10-17-37(29-35)39-31-47(44-21-5-7-26-53-44)55-48(32-39)45-22-6-8-27-54-45/h1-32H. The van der Waals surface area contributed by atoms with Gasteiger partial charge in [-0.05, 0) is 105 Å². The van der Waals surface area contributed by atoms with E-state index in [1.54, 1.807) is 12.4 Å². The highest BCUT2D eigenvalue weighted by Gasteiger charge is 2.18. The first-order chi connectivity index (χ1) is 28.2. The van der Waals surface area contributed by atoms with Crippen LogP contribution in [0.1, 0.15) is 0 Å². The van der Waals surface area contributed by atoms with Crippen molar-refractivity contribution in [3.63, 3.8) is 0 Å². The highest BCUT2D eigenvalue weighted by Crippen LogP contribution is 2.45.